The molecule has 3 fully saturated rings. The number of amides is 2. The summed E-state index contributed by atoms with van der Waals surface area (Å²) in [4.78, 5) is 30.7. The molecule has 0 bridgehead atoms. The van der Waals surface area contributed by atoms with Crippen molar-refractivity contribution in [3.8, 4) is 0 Å². The molecule has 3 unspecified atom stereocenters. The Morgan fingerprint density at radius 2 is 1.92 bits per heavy atom. The first-order valence-electron chi connectivity index (χ1n) is 12.6. The van der Waals surface area contributed by atoms with Gasteiger partial charge in [0.2, 0.25) is 17.5 Å². The summed E-state index contributed by atoms with van der Waals surface area (Å²) >= 11 is 0. The van der Waals surface area contributed by atoms with Gasteiger partial charge in [-0.25, -0.2) is 17.2 Å². The summed E-state index contributed by atoms with van der Waals surface area (Å²) in [5.41, 5.74) is -4.61. The van der Waals surface area contributed by atoms with Crippen molar-refractivity contribution in [1.82, 2.24) is 15.2 Å². The Morgan fingerprint density at radius 1 is 1.18 bits per heavy atom. The molecule has 7 nitrogen and oxygen atoms in total. The van der Waals surface area contributed by atoms with Gasteiger partial charge in [-0.2, -0.15) is 13.2 Å². The molecule has 1 saturated carbocycles. The minimum atomic E-state index is -5.25. The zero-order valence-electron chi connectivity index (χ0n) is 20.6. The van der Waals surface area contributed by atoms with Crippen LogP contribution < -0.4 is 5.32 Å². The fourth-order valence-electron chi connectivity index (χ4n) is 6.56. The summed E-state index contributed by atoms with van der Waals surface area (Å²) in [6.45, 7) is 0.343. The van der Waals surface area contributed by atoms with Crippen LogP contribution in [0.15, 0.2) is 41.3 Å². The maximum Gasteiger partial charge on any atom is 0.428 e. The van der Waals surface area contributed by atoms with Crippen LogP contribution in [0, 0.1) is 17.7 Å². The van der Waals surface area contributed by atoms with Crippen LogP contribution in [0.4, 0.5) is 22.0 Å². The third kappa shape index (κ3) is 3.57. The fraction of sp³-hybridized carbons (Fsp3) is 0.500. The number of rotatable bonds is 4. The highest BCUT2D eigenvalue weighted by molar-refractivity contribution is 7.92. The number of nitrogens with zero attached hydrogens (tertiary/aromatic N) is 2. The number of carbonyl (C=O) groups excluding carboxylic acids is 2. The van der Waals surface area contributed by atoms with E-state index in [0.29, 0.717) is 13.3 Å². The quantitative estimate of drug-likeness (QED) is 0.571. The summed E-state index contributed by atoms with van der Waals surface area (Å²) in [7, 11) is -4.45. The van der Waals surface area contributed by atoms with Crippen molar-refractivity contribution in [2.45, 2.75) is 66.2 Å². The highest BCUT2D eigenvalue weighted by Crippen LogP contribution is 2.54. The van der Waals surface area contributed by atoms with Gasteiger partial charge in [0.05, 0.1) is 16.6 Å². The predicted octanol–water partition coefficient (Wildman–Crippen LogP) is 3.32. The average Bonchev–Trinajstić information content (AvgIpc) is 3.46. The molecule has 6 atom stereocenters. The summed E-state index contributed by atoms with van der Waals surface area (Å²) in [5, 5.41) is 2.68. The summed E-state index contributed by atoms with van der Waals surface area (Å²) in [6, 6.07) is 4.63. The minimum Gasteiger partial charge on any atom is -0.344 e. The molecule has 1 aromatic carbocycles. The maximum absolute atomic E-state index is 14.8. The van der Waals surface area contributed by atoms with Gasteiger partial charge in [-0.3, -0.25) is 14.6 Å². The Labute approximate surface area is 220 Å². The van der Waals surface area contributed by atoms with Crippen molar-refractivity contribution in [3.63, 3.8) is 0 Å². The summed E-state index contributed by atoms with van der Waals surface area (Å²) < 4.78 is 96.0. The zero-order chi connectivity index (χ0) is 28.1. The SMILES string of the molecule is CC(F)(c1ccc2c(n1)CCC1N(C(=O)[C@H]3NC(=O)[C@@H]4C[C@H]34)CCC21S(=O)(=O)c1cccc(F)c1)C(F)(F)F. The first-order chi connectivity index (χ1) is 18.2. The van der Waals surface area contributed by atoms with E-state index in [1.54, 1.807) is 0 Å². The molecule has 6 rings (SSSR count). The third-order valence-corrected chi connectivity index (χ3v) is 11.3. The Bertz CT molecular complexity index is 1510. The van der Waals surface area contributed by atoms with Gasteiger partial charge in [-0.15, -0.1) is 0 Å². The van der Waals surface area contributed by atoms with E-state index in [2.05, 4.69) is 10.3 Å². The van der Waals surface area contributed by atoms with E-state index < -0.39 is 55.9 Å². The number of benzene rings is 1. The number of carbonyl (C=O) groups is 2. The standard InChI is InChI=1S/C26H24F5N3O4S/c1-24(28,26(29,30)31)19-7-5-17-18(32-19)6-8-20-25(17,39(37,38)14-4-2-3-13(27)11-14)9-10-34(20)23(36)21-15-12-16(15)22(35)33-21/h2-5,7,11,15-16,20-21H,6,8-10,12H2,1H3,(H,33,35)/t15-,16+,20?,21-,24?,25?/m0/s1. The Kier molecular flexibility index (Phi) is 5.51. The number of aromatic nitrogens is 1. The van der Waals surface area contributed by atoms with Gasteiger partial charge in [-0.05, 0) is 62.4 Å². The molecule has 13 heteroatoms. The van der Waals surface area contributed by atoms with Gasteiger partial charge in [0.1, 0.15) is 16.6 Å². The summed E-state index contributed by atoms with van der Waals surface area (Å²) in [5.74, 6) is -1.84. The number of fused-ring (bicyclic) bond motifs is 4. The number of pyridine rings is 1. The average molecular weight is 570 g/mol. The number of hydrogen-bond donors (Lipinski definition) is 1. The van der Waals surface area contributed by atoms with Crippen molar-refractivity contribution in [3.05, 3.63) is 59.2 Å². The van der Waals surface area contributed by atoms with Gasteiger partial charge in [0, 0.05) is 24.1 Å². The molecule has 2 saturated heterocycles. The van der Waals surface area contributed by atoms with Gasteiger partial charge in [0.25, 0.3) is 0 Å². The number of nitrogens with one attached hydrogen (secondary N) is 1. The van der Waals surface area contributed by atoms with Gasteiger partial charge < -0.3 is 10.2 Å². The smallest absolute Gasteiger partial charge is 0.344 e. The number of likely N-dealkylation sites (tertiary alicyclic amines) is 1. The molecule has 0 spiro atoms. The van der Waals surface area contributed by atoms with Crippen molar-refractivity contribution >= 4 is 21.7 Å². The van der Waals surface area contributed by atoms with Crippen molar-refractivity contribution in [2.24, 2.45) is 11.8 Å². The first-order valence-corrected chi connectivity index (χ1v) is 14.1. The fourth-order valence-corrected chi connectivity index (χ4v) is 8.95. The molecular formula is C26H24F5N3O4S. The normalized spacial score (nSPS) is 31.1. The van der Waals surface area contributed by atoms with E-state index in [4.69, 9.17) is 0 Å². The minimum absolute atomic E-state index is 0.00490. The molecule has 2 aliphatic heterocycles. The molecule has 0 radical (unpaired) electrons. The lowest BCUT2D eigenvalue weighted by molar-refractivity contribution is -0.230. The molecule has 2 aromatic rings. The van der Waals surface area contributed by atoms with Crippen LogP contribution in [-0.4, -0.2) is 54.9 Å². The number of hydrogen-bond acceptors (Lipinski definition) is 5. The van der Waals surface area contributed by atoms with Crippen LogP contribution in [0.1, 0.15) is 43.1 Å². The Morgan fingerprint density at radius 3 is 2.54 bits per heavy atom. The first kappa shape index (κ1) is 26.1. The lowest BCUT2D eigenvalue weighted by atomic mass is 9.80. The Balaban J connectivity index is 1.48. The molecule has 4 aliphatic rings. The highest BCUT2D eigenvalue weighted by Gasteiger charge is 2.64. The van der Waals surface area contributed by atoms with Crippen molar-refractivity contribution < 1.29 is 40.0 Å². The van der Waals surface area contributed by atoms with E-state index in [-0.39, 0.29) is 59.7 Å². The van der Waals surface area contributed by atoms with Crippen LogP contribution in [0.25, 0.3) is 0 Å². The van der Waals surface area contributed by atoms with Crippen molar-refractivity contribution in [2.75, 3.05) is 6.54 Å². The lowest BCUT2D eigenvalue weighted by Crippen LogP contribution is -2.55. The maximum atomic E-state index is 14.8. The number of alkyl halides is 4. The number of halogens is 5. The Hall–Kier alpha value is -3.09. The monoisotopic (exact) mass is 569 g/mol. The van der Waals surface area contributed by atoms with Crippen LogP contribution in [0.2, 0.25) is 0 Å². The lowest BCUT2D eigenvalue weighted by Gasteiger charge is -2.42. The van der Waals surface area contributed by atoms with E-state index in [0.717, 1.165) is 24.3 Å². The summed E-state index contributed by atoms with van der Waals surface area (Å²) in [6.07, 6.45) is -4.79. The molecule has 1 N–H and O–H groups in total. The second kappa shape index (κ2) is 8.21. The molecule has 3 heterocycles. The highest BCUT2D eigenvalue weighted by atomic mass is 32.2. The zero-order valence-corrected chi connectivity index (χ0v) is 21.5. The number of sulfone groups is 1. The largest absolute Gasteiger partial charge is 0.428 e. The van der Waals surface area contributed by atoms with Gasteiger partial charge in [-0.1, -0.05) is 12.1 Å². The van der Waals surface area contributed by atoms with Gasteiger partial charge in [0.15, 0.2) is 9.84 Å². The van der Waals surface area contributed by atoms with Crippen LogP contribution in [0.5, 0.6) is 0 Å². The second-order valence-electron chi connectivity index (χ2n) is 10.9. The molecule has 1 aromatic heterocycles. The van der Waals surface area contributed by atoms with E-state index in [1.807, 2.05) is 0 Å². The van der Waals surface area contributed by atoms with Crippen LogP contribution in [0.3, 0.4) is 0 Å². The molecule has 2 aliphatic carbocycles. The number of aryl methyl sites for hydroxylation is 1. The van der Waals surface area contributed by atoms with Gasteiger partial charge >= 0.3 is 6.18 Å². The van der Waals surface area contributed by atoms with E-state index in [1.165, 1.54) is 17.0 Å². The van der Waals surface area contributed by atoms with Crippen molar-refractivity contribution in [1.29, 1.82) is 0 Å². The molecule has 39 heavy (non-hydrogen) atoms. The molecule has 2 amide bonds. The second-order valence-corrected chi connectivity index (χ2v) is 13.1. The third-order valence-electron chi connectivity index (χ3n) is 8.77. The molecular weight excluding hydrogens is 545 g/mol. The van der Waals surface area contributed by atoms with E-state index in [9.17, 15) is 40.0 Å². The van der Waals surface area contributed by atoms with E-state index >= 15 is 0 Å². The topological polar surface area (TPSA) is 96.4 Å². The van der Waals surface area contributed by atoms with Crippen LogP contribution >= 0.6 is 0 Å². The number of piperidine rings is 1. The predicted molar refractivity (Wildman–Crippen MR) is 126 cm³/mol. The molecule has 208 valence electrons. The van der Waals surface area contributed by atoms with Crippen LogP contribution in [-0.2, 0) is 36.3 Å².